The van der Waals surface area contributed by atoms with Crippen molar-refractivity contribution >= 4 is 15.9 Å². The first-order valence-electron chi connectivity index (χ1n) is 7.31. The van der Waals surface area contributed by atoms with Crippen LogP contribution in [0.3, 0.4) is 0 Å². The van der Waals surface area contributed by atoms with Crippen LogP contribution >= 0.6 is 15.9 Å². The smallest absolute Gasteiger partial charge is 0.0338 e. The van der Waals surface area contributed by atoms with Crippen LogP contribution in [0.15, 0.2) is 28.7 Å². The Morgan fingerprint density at radius 1 is 1.37 bits per heavy atom. The molecule has 1 heterocycles. The van der Waals surface area contributed by atoms with E-state index in [-0.39, 0.29) is 0 Å². The number of nitrogens with one attached hydrogen (secondary N) is 1. The largest absolute Gasteiger partial charge is 0.311 e. The molecule has 1 N–H and O–H groups in total. The molecule has 104 valence electrons. The lowest BCUT2D eigenvalue weighted by atomic mass is 9.89. The van der Waals surface area contributed by atoms with Crippen LogP contribution in [0.2, 0.25) is 0 Å². The first-order valence-corrected chi connectivity index (χ1v) is 8.11. The highest BCUT2D eigenvalue weighted by atomic mass is 79.9. The fourth-order valence-electron chi connectivity index (χ4n) is 3.28. The Morgan fingerprint density at radius 2 is 2.11 bits per heavy atom. The summed E-state index contributed by atoms with van der Waals surface area (Å²) in [6.45, 7) is 8.07. The van der Waals surface area contributed by atoms with E-state index in [1.807, 2.05) is 0 Å². The maximum Gasteiger partial charge on any atom is 0.0338 e. The highest BCUT2D eigenvalue weighted by molar-refractivity contribution is 9.10. The van der Waals surface area contributed by atoms with Crippen LogP contribution in [0, 0.1) is 5.92 Å². The third-order valence-electron chi connectivity index (χ3n) is 4.80. The number of piperazine rings is 1. The van der Waals surface area contributed by atoms with Crippen LogP contribution in [-0.2, 0) is 6.54 Å². The summed E-state index contributed by atoms with van der Waals surface area (Å²) < 4.78 is 1.24. The minimum absolute atomic E-state index is 0.335. The maximum atomic E-state index is 3.69. The van der Waals surface area contributed by atoms with Gasteiger partial charge in [-0.3, -0.25) is 4.90 Å². The Labute approximate surface area is 124 Å². The molecule has 0 bridgehead atoms. The van der Waals surface area contributed by atoms with E-state index in [9.17, 15) is 0 Å². The molecule has 2 atom stereocenters. The second-order valence-electron chi connectivity index (χ2n) is 6.39. The Kier molecular flexibility index (Phi) is 3.71. The van der Waals surface area contributed by atoms with Crippen molar-refractivity contribution in [3.05, 3.63) is 34.3 Å². The van der Waals surface area contributed by atoms with Crippen molar-refractivity contribution < 1.29 is 0 Å². The van der Waals surface area contributed by atoms with Crippen molar-refractivity contribution in [3.63, 3.8) is 0 Å². The molecule has 3 heteroatoms. The van der Waals surface area contributed by atoms with Gasteiger partial charge < -0.3 is 5.32 Å². The lowest BCUT2D eigenvalue weighted by Gasteiger charge is -2.48. The molecule has 2 aliphatic rings. The van der Waals surface area contributed by atoms with E-state index in [4.69, 9.17) is 0 Å². The van der Waals surface area contributed by atoms with Crippen LogP contribution in [0.1, 0.15) is 32.3 Å². The minimum Gasteiger partial charge on any atom is -0.311 e. The molecule has 0 amide bonds. The summed E-state index contributed by atoms with van der Waals surface area (Å²) in [6, 6.07) is 9.21. The molecule has 2 nitrogen and oxygen atoms in total. The predicted octanol–water partition coefficient (Wildman–Crippen LogP) is 3.41. The summed E-state index contributed by atoms with van der Waals surface area (Å²) in [5.41, 5.74) is 1.74. The van der Waals surface area contributed by atoms with Gasteiger partial charge in [0.2, 0.25) is 0 Å². The SMILES string of the molecule is CC1CN(Cc2ccccc2Br)C(C)(C2CC2)CN1. The summed E-state index contributed by atoms with van der Waals surface area (Å²) in [7, 11) is 0. The van der Waals surface area contributed by atoms with Gasteiger partial charge in [0.1, 0.15) is 0 Å². The van der Waals surface area contributed by atoms with Crippen molar-refractivity contribution in [3.8, 4) is 0 Å². The highest BCUT2D eigenvalue weighted by Crippen LogP contribution is 2.44. The Morgan fingerprint density at radius 3 is 2.79 bits per heavy atom. The van der Waals surface area contributed by atoms with E-state index in [1.54, 1.807) is 0 Å². The Balaban J connectivity index is 1.81. The summed E-state index contributed by atoms with van der Waals surface area (Å²) >= 11 is 3.69. The topological polar surface area (TPSA) is 15.3 Å². The summed E-state index contributed by atoms with van der Waals surface area (Å²) in [4.78, 5) is 2.70. The number of benzene rings is 1. The van der Waals surface area contributed by atoms with Crippen LogP contribution in [0.25, 0.3) is 0 Å². The molecule has 1 aliphatic heterocycles. The first kappa shape index (κ1) is 13.6. The molecule has 2 unspecified atom stereocenters. The van der Waals surface area contributed by atoms with Crippen molar-refractivity contribution in [2.45, 2.75) is 44.8 Å². The quantitative estimate of drug-likeness (QED) is 0.917. The first-order chi connectivity index (χ1) is 9.09. The third kappa shape index (κ3) is 2.74. The molecule has 19 heavy (non-hydrogen) atoms. The molecule has 1 aliphatic carbocycles. The zero-order valence-electron chi connectivity index (χ0n) is 11.8. The number of rotatable bonds is 3. The second kappa shape index (κ2) is 5.19. The van der Waals surface area contributed by atoms with Crippen molar-refractivity contribution in [2.24, 2.45) is 5.92 Å². The molecule has 3 rings (SSSR count). The van der Waals surface area contributed by atoms with Gasteiger partial charge in [-0.05, 0) is 44.2 Å². The normalized spacial score (nSPS) is 32.5. The van der Waals surface area contributed by atoms with Crippen LogP contribution in [-0.4, -0.2) is 29.6 Å². The van der Waals surface area contributed by atoms with Crippen LogP contribution in [0.5, 0.6) is 0 Å². The van der Waals surface area contributed by atoms with Gasteiger partial charge in [-0.15, -0.1) is 0 Å². The lowest BCUT2D eigenvalue weighted by Crippen LogP contribution is -2.63. The van der Waals surface area contributed by atoms with Gasteiger partial charge in [0.05, 0.1) is 0 Å². The molecule has 0 radical (unpaired) electrons. The van der Waals surface area contributed by atoms with E-state index in [1.165, 1.54) is 22.9 Å². The molecule has 0 aromatic heterocycles. The van der Waals surface area contributed by atoms with E-state index in [0.717, 1.165) is 25.6 Å². The van der Waals surface area contributed by atoms with Gasteiger partial charge in [0, 0.05) is 35.7 Å². The highest BCUT2D eigenvalue weighted by Gasteiger charge is 2.47. The Hall–Kier alpha value is -0.380. The molecule has 1 saturated heterocycles. The number of nitrogens with zero attached hydrogens (tertiary/aromatic N) is 1. The molecule has 0 spiro atoms. The summed E-state index contributed by atoms with van der Waals surface area (Å²) in [5.74, 6) is 0.884. The number of halogens is 1. The molecule has 1 aromatic rings. The Bertz CT molecular complexity index is 458. The van der Waals surface area contributed by atoms with Crippen molar-refractivity contribution in [1.29, 1.82) is 0 Å². The predicted molar refractivity (Wildman–Crippen MR) is 83.1 cm³/mol. The average Bonchev–Trinajstić information content (AvgIpc) is 3.21. The van der Waals surface area contributed by atoms with Gasteiger partial charge in [-0.25, -0.2) is 0 Å². The van der Waals surface area contributed by atoms with Gasteiger partial charge in [-0.2, -0.15) is 0 Å². The van der Waals surface area contributed by atoms with Gasteiger partial charge in [0.15, 0.2) is 0 Å². The van der Waals surface area contributed by atoms with E-state index in [2.05, 4.69) is 64.3 Å². The van der Waals surface area contributed by atoms with Crippen molar-refractivity contribution in [1.82, 2.24) is 10.2 Å². The van der Waals surface area contributed by atoms with Crippen LogP contribution in [0.4, 0.5) is 0 Å². The lowest BCUT2D eigenvalue weighted by molar-refractivity contribution is 0.0310. The monoisotopic (exact) mass is 322 g/mol. The van der Waals surface area contributed by atoms with Gasteiger partial charge in [0.25, 0.3) is 0 Å². The maximum absolute atomic E-state index is 3.69. The summed E-state index contributed by atoms with van der Waals surface area (Å²) in [5, 5.41) is 3.67. The standard InChI is InChI=1S/C16H23BrN2/c1-12-9-19(10-13-5-3-4-6-15(13)17)16(2,11-18-12)14-7-8-14/h3-6,12,14,18H,7-11H2,1-2H3. The molecular weight excluding hydrogens is 300 g/mol. The fourth-order valence-corrected chi connectivity index (χ4v) is 3.69. The molecular formula is C16H23BrN2. The number of hydrogen-bond acceptors (Lipinski definition) is 2. The summed E-state index contributed by atoms with van der Waals surface area (Å²) in [6.07, 6.45) is 2.80. The van der Waals surface area contributed by atoms with Crippen LogP contribution < -0.4 is 5.32 Å². The minimum atomic E-state index is 0.335. The van der Waals surface area contributed by atoms with E-state index >= 15 is 0 Å². The van der Waals surface area contributed by atoms with Crippen molar-refractivity contribution in [2.75, 3.05) is 13.1 Å². The second-order valence-corrected chi connectivity index (χ2v) is 7.24. The third-order valence-corrected chi connectivity index (χ3v) is 5.57. The van der Waals surface area contributed by atoms with E-state index < -0.39 is 0 Å². The number of hydrogen-bond donors (Lipinski definition) is 1. The fraction of sp³-hybridized carbons (Fsp3) is 0.625. The van der Waals surface area contributed by atoms with Gasteiger partial charge >= 0.3 is 0 Å². The molecule has 1 saturated carbocycles. The zero-order chi connectivity index (χ0) is 13.5. The molecule has 1 aromatic carbocycles. The zero-order valence-corrected chi connectivity index (χ0v) is 13.4. The molecule has 2 fully saturated rings. The van der Waals surface area contributed by atoms with E-state index in [0.29, 0.717) is 11.6 Å². The van der Waals surface area contributed by atoms with Gasteiger partial charge in [-0.1, -0.05) is 34.1 Å². The average molecular weight is 323 g/mol.